The molecule has 1 heteroatoms. The Labute approximate surface area is 348 Å². The Hall–Kier alpha value is -7.22. The third-order valence-corrected chi connectivity index (χ3v) is 12.5. The first-order valence-electron chi connectivity index (χ1n) is 20.6. The van der Waals surface area contributed by atoms with E-state index in [1.807, 2.05) is 0 Å². The summed E-state index contributed by atoms with van der Waals surface area (Å²) in [5, 5.41) is 0. The van der Waals surface area contributed by atoms with Gasteiger partial charge in [0, 0.05) is 22.5 Å². The van der Waals surface area contributed by atoms with E-state index >= 15 is 0 Å². The molecule has 0 bridgehead atoms. The van der Waals surface area contributed by atoms with Crippen molar-refractivity contribution in [1.29, 1.82) is 0 Å². The number of benzene rings is 9. The summed E-state index contributed by atoms with van der Waals surface area (Å²) in [5.41, 5.74) is 17.9. The monoisotopic (exact) mass is 755 g/mol. The van der Waals surface area contributed by atoms with Crippen LogP contribution in [0.15, 0.2) is 237 Å². The fourth-order valence-electron chi connectivity index (χ4n) is 9.49. The molecular formula is C58H45N. The molecule has 9 aromatic rings. The highest BCUT2D eigenvalue weighted by Crippen LogP contribution is 2.51. The Morgan fingerprint density at radius 2 is 0.661 bits per heavy atom. The zero-order valence-corrected chi connectivity index (χ0v) is 33.5. The van der Waals surface area contributed by atoms with Crippen LogP contribution in [0.4, 0.5) is 17.1 Å². The molecule has 9 aromatic carbocycles. The van der Waals surface area contributed by atoms with Gasteiger partial charge in [-0.2, -0.15) is 0 Å². The van der Waals surface area contributed by atoms with Crippen LogP contribution >= 0.6 is 0 Å². The zero-order valence-electron chi connectivity index (χ0n) is 33.5. The van der Waals surface area contributed by atoms with Gasteiger partial charge < -0.3 is 4.90 Å². The lowest BCUT2D eigenvalue weighted by Gasteiger charge is -2.37. The predicted octanol–water partition coefficient (Wildman–Crippen LogP) is 15.2. The van der Waals surface area contributed by atoms with Gasteiger partial charge in [0.15, 0.2) is 0 Å². The smallest absolute Gasteiger partial charge is 0.0701 e. The van der Waals surface area contributed by atoms with E-state index in [0.717, 1.165) is 17.1 Å². The fourth-order valence-corrected chi connectivity index (χ4v) is 9.49. The highest BCUT2D eigenvalue weighted by molar-refractivity contribution is 5.86. The van der Waals surface area contributed by atoms with Crippen LogP contribution in [0, 0.1) is 0 Å². The van der Waals surface area contributed by atoms with Gasteiger partial charge in [0.05, 0.1) is 5.41 Å². The highest BCUT2D eigenvalue weighted by Gasteiger charge is 2.38. The van der Waals surface area contributed by atoms with Gasteiger partial charge >= 0.3 is 0 Å². The predicted molar refractivity (Wildman–Crippen MR) is 248 cm³/mol. The van der Waals surface area contributed by atoms with Gasteiger partial charge in [-0.1, -0.05) is 214 Å². The van der Waals surface area contributed by atoms with Crippen molar-refractivity contribution in [3.05, 3.63) is 270 Å². The Balaban J connectivity index is 1.04. The lowest BCUT2D eigenvalue weighted by atomic mass is 9.65. The van der Waals surface area contributed by atoms with Crippen molar-refractivity contribution in [2.24, 2.45) is 0 Å². The number of fused-ring (bicyclic) bond motifs is 3. The standard InChI is InChI=1S/C58H45N/c1-57(2)55-26-16-15-25-53(55)54-40-39-52(41-56(54)57)59(50-35-29-44(30-36-50)42-17-7-3-8-18-42)51-37-31-45(32-38-51)43-27-33-49(34-28-43)58(46-19-9-4-10-20-46,47-21-11-5-12-22-47)48-23-13-6-14-24-48/h3-41H,1-2H3. The summed E-state index contributed by atoms with van der Waals surface area (Å²) < 4.78 is 0. The molecule has 0 saturated carbocycles. The van der Waals surface area contributed by atoms with Crippen molar-refractivity contribution in [2.75, 3.05) is 4.90 Å². The van der Waals surface area contributed by atoms with Gasteiger partial charge in [0.1, 0.15) is 0 Å². The number of nitrogens with zero attached hydrogens (tertiary/aromatic N) is 1. The Morgan fingerprint density at radius 1 is 0.305 bits per heavy atom. The second-order valence-electron chi connectivity index (χ2n) is 16.1. The van der Waals surface area contributed by atoms with Crippen LogP contribution in [0.25, 0.3) is 33.4 Å². The summed E-state index contributed by atoms with van der Waals surface area (Å²) in [4.78, 5) is 2.40. The molecule has 10 rings (SSSR count). The summed E-state index contributed by atoms with van der Waals surface area (Å²) in [5.74, 6) is 0. The van der Waals surface area contributed by atoms with Crippen molar-refractivity contribution < 1.29 is 0 Å². The lowest BCUT2D eigenvalue weighted by Crippen LogP contribution is -2.30. The Bertz CT molecular complexity index is 2750. The first kappa shape index (κ1) is 36.1. The summed E-state index contributed by atoms with van der Waals surface area (Å²) in [6.45, 7) is 4.70. The molecule has 0 atom stereocenters. The molecule has 0 heterocycles. The van der Waals surface area contributed by atoms with Gasteiger partial charge in [-0.05, 0) is 103 Å². The van der Waals surface area contributed by atoms with E-state index in [-0.39, 0.29) is 5.41 Å². The number of hydrogen-bond donors (Lipinski definition) is 0. The van der Waals surface area contributed by atoms with E-state index in [9.17, 15) is 0 Å². The highest BCUT2D eigenvalue weighted by atomic mass is 15.1. The minimum Gasteiger partial charge on any atom is -0.310 e. The molecule has 59 heavy (non-hydrogen) atoms. The van der Waals surface area contributed by atoms with E-state index in [4.69, 9.17) is 0 Å². The largest absolute Gasteiger partial charge is 0.310 e. The second-order valence-corrected chi connectivity index (χ2v) is 16.1. The molecule has 0 N–H and O–H groups in total. The molecular weight excluding hydrogens is 711 g/mol. The maximum atomic E-state index is 2.41. The van der Waals surface area contributed by atoms with E-state index in [0.29, 0.717) is 0 Å². The number of rotatable bonds is 9. The maximum absolute atomic E-state index is 2.41. The third-order valence-electron chi connectivity index (χ3n) is 12.5. The molecule has 1 aliphatic rings. The third kappa shape index (κ3) is 6.27. The normalized spacial score (nSPS) is 12.7. The van der Waals surface area contributed by atoms with Crippen LogP contribution in [0.3, 0.4) is 0 Å². The van der Waals surface area contributed by atoms with E-state index in [1.165, 1.54) is 66.8 Å². The first-order chi connectivity index (χ1) is 29.0. The van der Waals surface area contributed by atoms with Crippen molar-refractivity contribution >= 4 is 17.1 Å². The van der Waals surface area contributed by atoms with Crippen LogP contribution in [-0.2, 0) is 10.8 Å². The van der Waals surface area contributed by atoms with Crippen LogP contribution in [0.1, 0.15) is 47.2 Å². The van der Waals surface area contributed by atoms with Gasteiger partial charge in [-0.3, -0.25) is 0 Å². The molecule has 0 amide bonds. The van der Waals surface area contributed by atoms with Crippen molar-refractivity contribution in [2.45, 2.75) is 24.7 Å². The Kier molecular flexibility index (Phi) is 9.15. The number of anilines is 3. The maximum Gasteiger partial charge on any atom is 0.0701 e. The summed E-state index contributed by atoms with van der Waals surface area (Å²) >= 11 is 0. The number of hydrogen-bond acceptors (Lipinski definition) is 1. The van der Waals surface area contributed by atoms with Crippen LogP contribution < -0.4 is 4.90 Å². The quantitative estimate of drug-likeness (QED) is 0.133. The molecule has 0 saturated heterocycles. The topological polar surface area (TPSA) is 3.24 Å². The van der Waals surface area contributed by atoms with Gasteiger partial charge in [-0.25, -0.2) is 0 Å². The summed E-state index contributed by atoms with van der Waals surface area (Å²) in [7, 11) is 0. The molecule has 1 nitrogen and oxygen atoms in total. The lowest BCUT2D eigenvalue weighted by molar-refractivity contribution is 0.660. The summed E-state index contributed by atoms with van der Waals surface area (Å²) in [6, 6.07) is 86.5. The van der Waals surface area contributed by atoms with Crippen molar-refractivity contribution in [3.8, 4) is 33.4 Å². The molecule has 0 radical (unpaired) electrons. The van der Waals surface area contributed by atoms with Gasteiger partial charge in [-0.15, -0.1) is 0 Å². The fraction of sp³-hybridized carbons (Fsp3) is 0.0690. The van der Waals surface area contributed by atoms with E-state index in [2.05, 4.69) is 255 Å². The molecule has 0 aliphatic heterocycles. The minimum absolute atomic E-state index is 0.0973. The molecule has 1 aliphatic carbocycles. The van der Waals surface area contributed by atoms with E-state index in [1.54, 1.807) is 0 Å². The average Bonchev–Trinajstić information content (AvgIpc) is 3.54. The van der Waals surface area contributed by atoms with E-state index < -0.39 is 5.41 Å². The van der Waals surface area contributed by atoms with Crippen LogP contribution in [0.5, 0.6) is 0 Å². The SMILES string of the molecule is CC1(C)c2ccccc2-c2ccc(N(c3ccc(-c4ccccc4)cc3)c3ccc(-c4ccc(C(c5ccccc5)(c5ccccc5)c5ccccc5)cc4)cc3)cc21. The molecule has 0 spiro atoms. The molecule has 0 unspecified atom stereocenters. The second kappa shape index (κ2) is 14.9. The zero-order chi connectivity index (χ0) is 39.8. The molecule has 0 fully saturated rings. The van der Waals surface area contributed by atoms with Gasteiger partial charge in [0.25, 0.3) is 0 Å². The van der Waals surface area contributed by atoms with Crippen LogP contribution in [-0.4, -0.2) is 0 Å². The minimum atomic E-state index is -0.478. The summed E-state index contributed by atoms with van der Waals surface area (Å²) in [6.07, 6.45) is 0. The van der Waals surface area contributed by atoms with Crippen molar-refractivity contribution in [1.82, 2.24) is 0 Å². The Morgan fingerprint density at radius 3 is 1.15 bits per heavy atom. The average molecular weight is 756 g/mol. The molecule has 0 aromatic heterocycles. The van der Waals surface area contributed by atoms with Crippen LogP contribution in [0.2, 0.25) is 0 Å². The molecule has 282 valence electrons. The first-order valence-corrected chi connectivity index (χ1v) is 20.6. The van der Waals surface area contributed by atoms with Gasteiger partial charge in [0.2, 0.25) is 0 Å². The van der Waals surface area contributed by atoms with Crippen molar-refractivity contribution in [3.63, 3.8) is 0 Å².